The zero-order valence-corrected chi connectivity index (χ0v) is 15.3. The maximum absolute atomic E-state index is 13.7. The minimum atomic E-state index is -0.426. The molecule has 0 bridgehead atoms. The normalized spacial score (nSPS) is 15.2. The number of hydrogen-bond acceptors (Lipinski definition) is 5. The van der Waals surface area contributed by atoms with Crippen molar-refractivity contribution in [3.8, 4) is 23.3 Å². The number of nitrogens with two attached hydrogens (primary N) is 1. The Morgan fingerprint density at radius 3 is 2.59 bits per heavy atom. The molecule has 0 saturated carbocycles. The van der Waals surface area contributed by atoms with Crippen LogP contribution in [0.25, 0.3) is 0 Å². The number of nitrogens with zero attached hydrogens (tertiary/aromatic N) is 1. The maximum Gasteiger partial charge on any atom is 0.205 e. The Labute approximate surface area is 167 Å². The van der Waals surface area contributed by atoms with Crippen molar-refractivity contribution in [2.45, 2.75) is 12.5 Å². The number of hydrogen-bond donors (Lipinski definition) is 2. The molecule has 0 unspecified atom stereocenters. The van der Waals surface area contributed by atoms with E-state index < -0.39 is 5.92 Å². The summed E-state index contributed by atoms with van der Waals surface area (Å²) in [6.07, 6.45) is 0. The fraction of sp³-hybridized carbons (Fsp3) is 0.0870. The number of allylic oxidation sites excluding steroid dienone is 1. The summed E-state index contributed by atoms with van der Waals surface area (Å²) in [5.74, 6) is 0.301. The Balaban J connectivity index is 1.61. The van der Waals surface area contributed by atoms with Crippen LogP contribution in [0.3, 0.4) is 0 Å². The fourth-order valence-corrected chi connectivity index (χ4v) is 3.32. The SMILES string of the molecule is N#CC1=C(N)Oc2cc(O)ccc2[C@H]1c1ccc(OCc2ccccc2F)cc1. The van der Waals surface area contributed by atoms with E-state index in [1.807, 2.05) is 12.1 Å². The smallest absolute Gasteiger partial charge is 0.205 e. The molecule has 4 rings (SSSR count). The molecule has 5 nitrogen and oxygen atoms in total. The van der Waals surface area contributed by atoms with Crippen molar-refractivity contribution in [3.05, 3.63) is 101 Å². The van der Waals surface area contributed by atoms with Crippen LogP contribution >= 0.6 is 0 Å². The van der Waals surface area contributed by atoms with Gasteiger partial charge >= 0.3 is 0 Å². The highest BCUT2D eigenvalue weighted by molar-refractivity contribution is 5.57. The molecule has 29 heavy (non-hydrogen) atoms. The monoisotopic (exact) mass is 388 g/mol. The van der Waals surface area contributed by atoms with Gasteiger partial charge in [-0.15, -0.1) is 0 Å². The number of phenols is 1. The predicted molar refractivity (Wildman–Crippen MR) is 105 cm³/mol. The highest BCUT2D eigenvalue weighted by Crippen LogP contribution is 2.43. The summed E-state index contributed by atoms with van der Waals surface area (Å²) in [6, 6.07) is 20.5. The molecule has 1 heterocycles. The van der Waals surface area contributed by atoms with Gasteiger partial charge in [-0.2, -0.15) is 5.26 Å². The van der Waals surface area contributed by atoms with Crippen LogP contribution in [0.15, 0.2) is 78.2 Å². The zero-order chi connectivity index (χ0) is 20.4. The number of rotatable bonds is 4. The van der Waals surface area contributed by atoms with Crippen LogP contribution in [0.5, 0.6) is 17.2 Å². The highest BCUT2D eigenvalue weighted by atomic mass is 19.1. The number of ether oxygens (including phenoxy) is 2. The molecule has 0 amide bonds. The number of halogens is 1. The van der Waals surface area contributed by atoms with E-state index in [0.717, 1.165) is 11.1 Å². The molecule has 1 atom stereocenters. The van der Waals surface area contributed by atoms with Gasteiger partial charge in [-0.25, -0.2) is 4.39 Å². The first-order valence-corrected chi connectivity index (χ1v) is 8.93. The second kappa shape index (κ2) is 7.56. The van der Waals surface area contributed by atoms with Gasteiger partial charge in [0.05, 0.1) is 5.92 Å². The van der Waals surface area contributed by atoms with Crippen LogP contribution in [0.1, 0.15) is 22.6 Å². The molecule has 0 spiro atoms. The number of nitriles is 1. The minimum absolute atomic E-state index is 0.00970. The second-order valence-corrected chi connectivity index (χ2v) is 6.60. The molecule has 3 aromatic carbocycles. The van der Waals surface area contributed by atoms with E-state index in [4.69, 9.17) is 15.2 Å². The number of phenolic OH excluding ortho intramolecular Hbond substituents is 1. The van der Waals surface area contributed by atoms with Crippen molar-refractivity contribution in [2.24, 2.45) is 5.73 Å². The summed E-state index contributed by atoms with van der Waals surface area (Å²) >= 11 is 0. The van der Waals surface area contributed by atoms with Gasteiger partial charge < -0.3 is 20.3 Å². The summed E-state index contributed by atoms with van der Waals surface area (Å²) in [5, 5.41) is 19.3. The Morgan fingerprint density at radius 1 is 1.10 bits per heavy atom. The van der Waals surface area contributed by atoms with E-state index in [1.54, 1.807) is 36.4 Å². The molecule has 1 aliphatic rings. The lowest BCUT2D eigenvalue weighted by Gasteiger charge is -2.26. The third-order valence-electron chi connectivity index (χ3n) is 4.77. The predicted octanol–water partition coefficient (Wildman–Crippen LogP) is 4.33. The third-order valence-corrected chi connectivity index (χ3v) is 4.77. The Kier molecular flexibility index (Phi) is 4.80. The summed E-state index contributed by atoms with van der Waals surface area (Å²) in [6.45, 7) is 0.113. The van der Waals surface area contributed by atoms with E-state index in [2.05, 4.69) is 6.07 Å². The molecule has 1 aliphatic heterocycles. The topological polar surface area (TPSA) is 88.5 Å². The highest BCUT2D eigenvalue weighted by Gasteiger charge is 2.30. The summed E-state index contributed by atoms with van der Waals surface area (Å²) in [5.41, 5.74) is 8.24. The van der Waals surface area contributed by atoms with Crippen molar-refractivity contribution < 1.29 is 19.0 Å². The maximum atomic E-state index is 13.7. The molecule has 144 valence electrons. The average molecular weight is 388 g/mol. The van der Waals surface area contributed by atoms with Crippen molar-refractivity contribution in [1.29, 1.82) is 5.26 Å². The quantitative estimate of drug-likeness (QED) is 0.695. The minimum Gasteiger partial charge on any atom is -0.508 e. The Bertz CT molecular complexity index is 1130. The van der Waals surface area contributed by atoms with Crippen molar-refractivity contribution >= 4 is 0 Å². The zero-order valence-electron chi connectivity index (χ0n) is 15.3. The number of fused-ring (bicyclic) bond motifs is 1. The summed E-state index contributed by atoms with van der Waals surface area (Å²) < 4.78 is 24.9. The molecule has 3 N–H and O–H groups in total. The Morgan fingerprint density at radius 2 is 1.86 bits per heavy atom. The van der Waals surface area contributed by atoms with Gasteiger partial charge in [-0.05, 0) is 29.8 Å². The lowest BCUT2D eigenvalue weighted by molar-refractivity contribution is 0.300. The van der Waals surface area contributed by atoms with Crippen LogP contribution < -0.4 is 15.2 Å². The molecule has 0 saturated heterocycles. The van der Waals surface area contributed by atoms with Crippen molar-refractivity contribution in [1.82, 2.24) is 0 Å². The van der Waals surface area contributed by atoms with Gasteiger partial charge in [0.25, 0.3) is 0 Å². The summed E-state index contributed by atoms with van der Waals surface area (Å²) in [4.78, 5) is 0. The van der Waals surface area contributed by atoms with Gasteiger partial charge in [0, 0.05) is 17.2 Å². The van der Waals surface area contributed by atoms with E-state index in [0.29, 0.717) is 22.6 Å². The average Bonchev–Trinajstić information content (AvgIpc) is 2.72. The Hall–Kier alpha value is -3.98. The first kappa shape index (κ1) is 18.4. The molecule has 6 heteroatoms. The fourth-order valence-electron chi connectivity index (χ4n) is 3.32. The lowest BCUT2D eigenvalue weighted by Crippen LogP contribution is -2.20. The lowest BCUT2D eigenvalue weighted by atomic mass is 9.83. The molecule has 0 aliphatic carbocycles. The van der Waals surface area contributed by atoms with Gasteiger partial charge in [0.2, 0.25) is 5.88 Å². The first-order chi connectivity index (χ1) is 14.1. The van der Waals surface area contributed by atoms with Crippen LogP contribution in [0, 0.1) is 17.1 Å². The molecular weight excluding hydrogens is 371 g/mol. The van der Waals surface area contributed by atoms with Gasteiger partial charge in [-0.3, -0.25) is 0 Å². The second-order valence-electron chi connectivity index (χ2n) is 6.60. The van der Waals surface area contributed by atoms with Crippen LogP contribution in [0.4, 0.5) is 4.39 Å². The molecular formula is C23H17FN2O3. The van der Waals surface area contributed by atoms with Gasteiger partial charge in [-0.1, -0.05) is 36.4 Å². The van der Waals surface area contributed by atoms with E-state index in [1.165, 1.54) is 18.2 Å². The standard InChI is InChI=1S/C23H17FN2O3/c24-20-4-2-1-3-15(20)13-28-17-8-5-14(6-9-17)22-18-10-7-16(27)11-21(18)29-23(26)19(22)12-25/h1-11,22,27H,13,26H2/t22-/m1/s1. The largest absolute Gasteiger partial charge is 0.508 e. The molecule has 0 aromatic heterocycles. The van der Waals surface area contributed by atoms with Crippen molar-refractivity contribution in [2.75, 3.05) is 0 Å². The third kappa shape index (κ3) is 3.58. The molecule has 0 radical (unpaired) electrons. The van der Waals surface area contributed by atoms with Crippen molar-refractivity contribution in [3.63, 3.8) is 0 Å². The molecule has 0 fully saturated rings. The van der Waals surface area contributed by atoms with E-state index in [9.17, 15) is 14.8 Å². The van der Waals surface area contributed by atoms with Crippen LogP contribution in [-0.2, 0) is 6.61 Å². The summed E-state index contributed by atoms with van der Waals surface area (Å²) in [7, 11) is 0. The van der Waals surface area contributed by atoms with Gasteiger partial charge in [0.1, 0.15) is 41.3 Å². The first-order valence-electron chi connectivity index (χ1n) is 8.93. The van der Waals surface area contributed by atoms with Gasteiger partial charge in [0.15, 0.2) is 0 Å². The van der Waals surface area contributed by atoms with Crippen LogP contribution in [-0.4, -0.2) is 5.11 Å². The number of aromatic hydroxyl groups is 1. The van der Waals surface area contributed by atoms with E-state index in [-0.39, 0.29) is 24.1 Å². The molecule has 3 aromatic rings. The van der Waals surface area contributed by atoms with Crippen LogP contribution in [0.2, 0.25) is 0 Å². The van der Waals surface area contributed by atoms with E-state index >= 15 is 0 Å². The number of benzene rings is 3.